The van der Waals surface area contributed by atoms with Gasteiger partial charge in [-0.2, -0.15) is 0 Å². The molecule has 1 saturated carbocycles. The van der Waals surface area contributed by atoms with E-state index in [0.717, 1.165) is 5.56 Å². The monoisotopic (exact) mass is 308 g/mol. The molecule has 1 amide bonds. The maximum atomic E-state index is 14.4. The zero-order valence-corrected chi connectivity index (χ0v) is 12.6. The lowest BCUT2D eigenvalue weighted by Gasteiger charge is -2.39. The Bertz CT molecular complexity index is 541. The SMILES string of the molecule is C[C@@H](N[C@H]1C[C@H](F)[C@@H]2[C@@H](OC(=O)N2C)[C@@H]1O)c1ccccc1. The molecule has 2 fully saturated rings. The second kappa shape index (κ2) is 5.85. The molecule has 1 aliphatic heterocycles. The van der Waals surface area contributed by atoms with Crippen LogP contribution in [0, 0.1) is 0 Å². The molecular formula is C16H21FN2O3. The van der Waals surface area contributed by atoms with Gasteiger partial charge in [-0.1, -0.05) is 30.3 Å². The molecule has 3 rings (SSSR count). The number of ether oxygens (including phenoxy) is 1. The molecule has 1 aliphatic carbocycles. The number of hydrogen-bond acceptors (Lipinski definition) is 4. The van der Waals surface area contributed by atoms with Crippen LogP contribution in [0.5, 0.6) is 0 Å². The average Bonchev–Trinajstić information content (AvgIpc) is 2.82. The van der Waals surface area contributed by atoms with Crippen LogP contribution in [0.3, 0.4) is 0 Å². The van der Waals surface area contributed by atoms with E-state index in [-0.39, 0.29) is 12.5 Å². The summed E-state index contributed by atoms with van der Waals surface area (Å²) >= 11 is 0. The minimum atomic E-state index is -1.22. The van der Waals surface area contributed by atoms with Crippen molar-refractivity contribution in [1.29, 1.82) is 0 Å². The topological polar surface area (TPSA) is 61.8 Å². The van der Waals surface area contributed by atoms with Crippen molar-refractivity contribution in [2.24, 2.45) is 0 Å². The molecule has 1 heterocycles. The lowest BCUT2D eigenvalue weighted by Crippen LogP contribution is -2.60. The van der Waals surface area contributed by atoms with Crippen LogP contribution in [0.2, 0.25) is 0 Å². The lowest BCUT2D eigenvalue weighted by atomic mass is 9.84. The van der Waals surface area contributed by atoms with Crippen LogP contribution in [0.15, 0.2) is 30.3 Å². The number of likely N-dealkylation sites (N-methyl/N-ethyl adjacent to an activating group) is 1. The quantitative estimate of drug-likeness (QED) is 0.891. The molecule has 0 aromatic heterocycles. The second-order valence-electron chi connectivity index (χ2n) is 6.10. The summed E-state index contributed by atoms with van der Waals surface area (Å²) in [5.41, 5.74) is 1.06. The molecule has 6 heteroatoms. The van der Waals surface area contributed by atoms with Crippen LogP contribution in [-0.4, -0.2) is 53.6 Å². The van der Waals surface area contributed by atoms with Crippen LogP contribution in [0.25, 0.3) is 0 Å². The number of nitrogens with zero attached hydrogens (tertiary/aromatic N) is 1. The molecule has 120 valence electrons. The van der Waals surface area contributed by atoms with Gasteiger partial charge in [0, 0.05) is 19.1 Å². The molecule has 0 spiro atoms. The van der Waals surface area contributed by atoms with Gasteiger partial charge in [0.1, 0.15) is 18.3 Å². The normalized spacial score (nSPS) is 35.9. The van der Waals surface area contributed by atoms with Crippen molar-refractivity contribution in [3.8, 4) is 0 Å². The third-order valence-electron chi connectivity index (χ3n) is 4.67. The number of aliphatic hydroxyl groups excluding tert-OH is 1. The summed E-state index contributed by atoms with van der Waals surface area (Å²) < 4.78 is 19.5. The van der Waals surface area contributed by atoms with E-state index in [2.05, 4.69) is 5.32 Å². The van der Waals surface area contributed by atoms with Crippen molar-refractivity contribution >= 4 is 6.09 Å². The summed E-state index contributed by atoms with van der Waals surface area (Å²) in [5.74, 6) is 0. The average molecular weight is 308 g/mol. The molecule has 2 aliphatic rings. The largest absolute Gasteiger partial charge is 0.441 e. The fourth-order valence-electron chi connectivity index (χ4n) is 3.41. The number of halogens is 1. The maximum absolute atomic E-state index is 14.4. The molecule has 22 heavy (non-hydrogen) atoms. The standard InChI is InChI=1S/C16H21FN2O3/c1-9(10-6-4-3-5-7-10)18-12-8-11(17)13-15(14(12)20)22-16(21)19(13)2/h3-7,9,11-15,18,20H,8H2,1-2H3/t9-,11+,12+,13-,14-,15-/m1/s1. The molecule has 0 radical (unpaired) electrons. The molecular weight excluding hydrogens is 287 g/mol. The van der Waals surface area contributed by atoms with Crippen LogP contribution in [0.1, 0.15) is 24.9 Å². The van der Waals surface area contributed by atoms with Gasteiger partial charge in [-0.05, 0) is 18.9 Å². The van der Waals surface area contributed by atoms with Gasteiger partial charge in [0.15, 0.2) is 6.10 Å². The van der Waals surface area contributed by atoms with Crippen LogP contribution in [-0.2, 0) is 4.74 Å². The highest BCUT2D eigenvalue weighted by Crippen LogP contribution is 2.34. The number of carbonyl (C=O) groups excluding carboxylic acids is 1. The van der Waals surface area contributed by atoms with Crippen molar-refractivity contribution in [2.45, 2.75) is 49.8 Å². The number of nitrogens with one attached hydrogen (secondary N) is 1. The number of fused-ring (bicyclic) bond motifs is 1. The van der Waals surface area contributed by atoms with Gasteiger partial charge in [-0.3, -0.25) is 0 Å². The van der Waals surface area contributed by atoms with Gasteiger partial charge in [0.2, 0.25) is 0 Å². The zero-order chi connectivity index (χ0) is 15.9. The minimum absolute atomic E-state index is 0.0283. The highest BCUT2D eigenvalue weighted by atomic mass is 19.1. The van der Waals surface area contributed by atoms with Gasteiger partial charge in [-0.25, -0.2) is 9.18 Å². The van der Waals surface area contributed by atoms with E-state index >= 15 is 0 Å². The summed E-state index contributed by atoms with van der Waals surface area (Å²) in [6.07, 6.45) is -3.38. The van der Waals surface area contributed by atoms with Crippen LogP contribution in [0.4, 0.5) is 9.18 Å². The number of carbonyl (C=O) groups is 1. The highest BCUT2D eigenvalue weighted by Gasteiger charge is 2.54. The first-order chi connectivity index (χ1) is 10.5. The smallest absolute Gasteiger partial charge is 0.410 e. The Morgan fingerprint density at radius 2 is 2.09 bits per heavy atom. The van der Waals surface area contributed by atoms with Crippen LogP contribution >= 0.6 is 0 Å². The number of rotatable bonds is 3. The molecule has 1 saturated heterocycles. The Balaban J connectivity index is 1.72. The number of aliphatic hydroxyl groups is 1. The van der Waals surface area contributed by atoms with Gasteiger partial charge < -0.3 is 20.1 Å². The summed E-state index contributed by atoms with van der Waals surface area (Å²) in [5, 5.41) is 13.7. The van der Waals surface area contributed by atoms with Crippen molar-refractivity contribution in [1.82, 2.24) is 10.2 Å². The number of benzene rings is 1. The number of amides is 1. The third kappa shape index (κ3) is 2.57. The van der Waals surface area contributed by atoms with Crippen LogP contribution < -0.4 is 5.32 Å². The van der Waals surface area contributed by atoms with Gasteiger partial charge in [-0.15, -0.1) is 0 Å². The summed E-state index contributed by atoms with van der Waals surface area (Å²) in [4.78, 5) is 12.8. The summed E-state index contributed by atoms with van der Waals surface area (Å²) in [6.45, 7) is 1.97. The van der Waals surface area contributed by atoms with Gasteiger partial charge >= 0.3 is 6.09 Å². The van der Waals surface area contributed by atoms with E-state index < -0.39 is 36.6 Å². The third-order valence-corrected chi connectivity index (χ3v) is 4.67. The van der Waals surface area contributed by atoms with Gasteiger partial charge in [0.05, 0.1) is 0 Å². The maximum Gasteiger partial charge on any atom is 0.410 e. The first-order valence-corrected chi connectivity index (χ1v) is 7.55. The van der Waals surface area contributed by atoms with E-state index in [0.29, 0.717) is 0 Å². The fourth-order valence-corrected chi connectivity index (χ4v) is 3.41. The number of hydrogen-bond donors (Lipinski definition) is 2. The van der Waals surface area contributed by atoms with Gasteiger partial charge in [0.25, 0.3) is 0 Å². The summed E-state index contributed by atoms with van der Waals surface area (Å²) in [6, 6.07) is 8.58. The minimum Gasteiger partial charge on any atom is -0.441 e. The molecule has 0 bridgehead atoms. The molecule has 0 unspecified atom stereocenters. The summed E-state index contributed by atoms with van der Waals surface area (Å²) in [7, 11) is 1.51. The number of alkyl halides is 1. The predicted octanol–water partition coefficient (Wildman–Crippen LogP) is 1.63. The van der Waals surface area contributed by atoms with E-state index in [1.54, 1.807) is 0 Å². The second-order valence-corrected chi connectivity index (χ2v) is 6.10. The Kier molecular flexibility index (Phi) is 4.06. The highest BCUT2D eigenvalue weighted by molar-refractivity contribution is 5.70. The predicted molar refractivity (Wildman–Crippen MR) is 79.1 cm³/mol. The molecule has 1 aromatic rings. The Morgan fingerprint density at radius 1 is 1.41 bits per heavy atom. The Hall–Kier alpha value is -1.66. The molecule has 1 aromatic carbocycles. The van der Waals surface area contributed by atoms with E-state index in [1.165, 1.54) is 11.9 Å². The molecule has 6 atom stereocenters. The van der Waals surface area contributed by atoms with Crippen molar-refractivity contribution in [2.75, 3.05) is 7.05 Å². The van der Waals surface area contributed by atoms with Crippen molar-refractivity contribution in [3.05, 3.63) is 35.9 Å². The fraction of sp³-hybridized carbons (Fsp3) is 0.562. The first-order valence-electron chi connectivity index (χ1n) is 7.55. The lowest BCUT2D eigenvalue weighted by molar-refractivity contribution is -0.0544. The van der Waals surface area contributed by atoms with Crippen molar-refractivity contribution < 1.29 is 19.0 Å². The zero-order valence-electron chi connectivity index (χ0n) is 12.6. The van der Waals surface area contributed by atoms with E-state index in [4.69, 9.17) is 4.74 Å². The van der Waals surface area contributed by atoms with E-state index in [1.807, 2.05) is 37.3 Å². The first kappa shape index (κ1) is 15.2. The Labute approximate surface area is 129 Å². The molecule has 2 N–H and O–H groups in total. The van der Waals surface area contributed by atoms with Crippen molar-refractivity contribution in [3.63, 3.8) is 0 Å². The Morgan fingerprint density at radius 3 is 2.77 bits per heavy atom. The van der Waals surface area contributed by atoms with E-state index in [9.17, 15) is 14.3 Å². The molecule has 5 nitrogen and oxygen atoms in total.